The van der Waals surface area contributed by atoms with Crippen molar-refractivity contribution in [1.82, 2.24) is 5.16 Å². The molecule has 0 aliphatic carbocycles. The lowest BCUT2D eigenvalue weighted by Gasteiger charge is -2.00. The van der Waals surface area contributed by atoms with Gasteiger partial charge in [-0.1, -0.05) is 12.1 Å². The van der Waals surface area contributed by atoms with Gasteiger partial charge < -0.3 is 9.63 Å². The number of benzene rings is 1. The van der Waals surface area contributed by atoms with Crippen molar-refractivity contribution in [3.63, 3.8) is 0 Å². The first-order valence-corrected chi connectivity index (χ1v) is 4.16. The number of aromatic hydroxyl groups is 1. The van der Waals surface area contributed by atoms with Crippen LogP contribution in [-0.2, 0) is 0 Å². The molecule has 0 spiro atoms. The Morgan fingerprint density at radius 2 is 2.07 bits per heavy atom. The Bertz CT molecular complexity index is 510. The van der Waals surface area contributed by atoms with Crippen LogP contribution in [0.3, 0.4) is 0 Å². The maximum absolute atomic E-state index is 11.0. The highest BCUT2D eigenvalue weighted by atomic mass is 16.5. The van der Waals surface area contributed by atoms with E-state index >= 15 is 0 Å². The third-order valence-electron chi connectivity index (χ3n) is 2.10. The SMILES string of the molecule is Cc1c(-c2ccccc2O)[nH]oc1=O. The fourth-order valence-electron chi connectivity index (χ4n) is 1.29. The van der Waals surface area contributed by atoms with E-state index in [0.29, 0.717) is 16.8 Å². The second kappa shape index (κ2) is 3.06. The molecule has 4 nitrogen and oxygen atoms in total. The van der Waals surface area contributed by atoms with Gasteiger partial charge in [0, 0.05) is 5.56 Å². The number of rotatable bonds is 1. The first-order chi connectivity index (χ1) is 6.70. The van der Waals surface area contributed by atoms with Crippen LogP contribution in [0.15, 0.2) is 33.6 Å². The van der Waals surface area contributed by atoms with Crippen molar-refractivity contribution in [3.8, 4) is 17.0 Å². The highest BCUT2D eigenvalue weighted by molar-refractivity contribution is 5.68. The average molecular weight is 191 g/mol. The van der Waals surface area contributed by atoms with Gasteiger partial charge in [-0.3, -0.25) is 0 Å². The molecule has 0 unspecified atom stereocenters. The zero-order valence-corrected chi connectivity index (χ0v) is 7.57. The summed E-state index contributed by atoms with van der Waals surface area (Å²) in [4.78, 5) is 11.0. The maximum Gasteiger partial charge on any atom is 0.360 e. The van der Waals surface area contributed by atoms with Crippen LogP contribution in [0.4, 0.5) is 0 Å². The number of nitrogens with one attached hydrogen (secondary N) is 1. The number of H-pyrrole nitrogens is 1. The summed E-state index contributed by atoms with van der Waals surface area (Å²) in [5, 5.41) is 12.0. The van der Waals surface area contributed by atoms with Crippen LogP contribution >= 0.6 is 0 Å². The Labute approximate surface area is 79.8 Å². The Kier molecular flexibility index (Phi) is 1.89. The minimum Gasteiger partial charge on any atom is -0.507 e. The van der Waals surface area contributed by atoms with Gasteiger partial charge in [-0.2, -0.15) is 0 Å². The fraction of sp³-hybridized carbons (Fsp3) is 0.100. The van der Waals surface area contributed by atoms with Gasteiger partial charge in [0.1, 0.15) is 5.75 Å². The standard InChI is InChI=1S/C10H9NO3/c1-6-9(11-14-10(6)13)7-4-2-3-5-8(7)12/h2-5,11-12H,1H3. The molecule has 1 heterocycles. The number of hydrogen-bond donors (Lipinski definition) is 2. The van der Waals surface area contributed by atoms with Crippen molar-refractivity contribution in [2.75, 3.05) is 0 Å². The first kappa shape index (κ1) is 8.62. The van der Waals surface area contributed by atoms with E-state index in [-0.39, 0.29) is 5.75 Å². The quantitative estimate of drug-likeness (QED) is 0.720. The Morgan fingerprint density at radius 3 is 2.64 bits per heavy atom. The smallest absolute Gasteiger partial charge is 0.360 e. The molecule has 0 atom stereocenters. The minimum atomic E-state index is -0.414. The lowest BCUT2D eigenvalue weighted by atomic mass is 10.1. The summed E-state index contributed by atoms with van der Waals surface area (Å²) in [6.45, 7) is 1.64. The molecule has 14 heavy (non-hydrogen) atoms. The molecule has 0 aliphatic heterocycles. The molecular weight excluding hydrogens is 182 g/mol. The third-order valence-corrected chi connectivity index (χ3v) is 2.10. The van der Waals surface area contributed by atoms with Crippen LogP contribution in [0.25, 0.3) is 11.3 Å². The van der Waals surface area contributed by atoms with Crippen LogP contribution in [0.1, 0.15) is 5.56 Å². The predicted octanol–water partition coefficient (Wildman–Crippen LogP) is 1.65. The molecule has 0 saturated heterocycles. The van der Waals surface area contributed by atoms with Crippen LogP contribution in [0, 0.1) is 6.92 Å². The molecule has 0 fully saturated rings. The second-order valence-corrected chi connectivity index (χ2v) is 3.01. The van der Waals surface area contributed by atoms with Crippen molar-refractivity contribution in [2.24, 2.45) is 0 Å². The number of hydrogen-bond acceptors (Lipinski definition) is 3. The Morgan fingerprint density at radius 1 is 1.36 bits per heavy atom. The lowest BCUT2D eigenvalue weighted by molar-refractivity contribution is 0.392. The van der Waals surface area contributed by atoms with Crippen molar-refractivity contribution in [3.05, 3.63) is 40.2 Å². The van der Waals surface area contributed by atoms with Crippen LogP contribution in [-0.4, -0.2) is 10.3 Å². The molecule has 72 valence electrons. The van der Waals surface area contributed by atoms with Gasteiger partial charge in [-0.05, 0) is 19.1 Å². The van der Waals surface area contributed by atoms with Crippen molar-refractivity contribution < 1.29 is 9.63 Å². The Balaban J connectivity index is 2.66. The summed E-state index contributed by atoms with van der Waals surface area (Å²) < 4.78 is 4.61. The summed E-state index contributed by atoms with van der Waals surface area (Å²) in [6, 6.07) is 6.76. The number of aromatic nitrogens is 1. The van der Waals surface area contributed by atoms with Crippen molar-refractivity contribution >= 4 is 0 Å². The van der Waals surface area contributed by atoms with Gasteiger partial charge in [-0.15, -0.1) is 0 Å². The van der Waals surface area contributed by atoms with Gasteiger partial charge in [0.05, 0.1) is 11.3 Å². The molecule has 0 aliphatic rings. The number of phenols is 1. The van der Waals surface area contributed by atoms with E-state index in [2.05, 4.69) is 9.68 Å². The second-order valence-electron chi connectivity index (χ2n) is 3.01. The van der Waals surface area contributed by atoms with Crippen LogP contribution in [0.5, 0.6) is 5.75 Å². The molecule has 0 saturated carbocycles. The summed E-state index contributed by atoms with van der Waals surface area (Å²) in [6.07, 6.45) is 0. The zero-order chi connectivity index (χ0) is 10.1. The number of para-hydroxylation sites is 1. The molecule has 2 N–H and O–H groups in total. The molecule has 0 amide bonds. The normalized spacial score (nSPS) is 10.4. The molecule has 0 bridgehead atoms. The molecule has 1 aromatic heterocycles. The van der Waals surface area contributed by atoms with E-state index in [1.54, 1.807) is 31.2 Å². The summed E-state index contributed by atoms with van der Waals surface area (Å²) in [7, 11) is 0. The summed E-state index contributed by atoms with van der Waals surface area (Å²) in [5.74, 6) is 0.118. The number of phenolic OH excluding ortho intramolecular Hbond substituents is 1. The molecule has 0 radical (unpaired) electrons. The molecule has 4 heteroatoms. The topological polar surface area (TPSA) is 66.2 Å². The largest absolute Gasteiger partial charge is 0.507 e. The fourth-order valence-corrected chi connectivity index (χ4v) is 1.29. The maximum atomic E-state index is 11.0. The van der Waals surface area contributed by atoms with E-state index in [1.165, 1.54) is 0 Å². The zero-order valence-electron chi connectivity index (χ0n) is 7.57. The van der Waals surface area contributed by atoms with Crippen LogP contribution < -0.4 is 5.63 Å². The van der Waals surface area contributed by atoms with E-state index in [0.717, 1.165) is 0 Å². The Hall–Kier alpha value is -1.97. The number of aromatic amines is 1. The van der Waals surface area contributed by atoms with Crippen LogP contribution in [0.2, 0.25) is 0 Å². The highest BCUT2D eigenvalue weighted by Gasteiger charge is 2.11. The molecular formula is C10H9NO3. The molecule has 1 aromatic carbocycles. The van der Waals surface area contributed by atoms with Crippen molar-refractivity contribution in [1.29, 1.82) is 0 Å². The van der Waals surface area contributed by atoms with Gasteiger partial charge in [-0.25, -0.2) is 9.95 Å². The molecule has 2 aromatic rings. The van der Waals surface area contributed by atoms with Gasteiger partial charge >= 0.3 is 5.63 Å². The minimum absolute atomic E-state index is 0.118. The van der Waals surface area contributed by atoms with E-state index in [9.17, 15) is 9.90 Å². The van der Waals surface area contributed by atoms with Crippen molar-refractivity contribution in [2.45, 2.75) is 6.92 Å². The first-order valence-electron chi connectivity index (χ1n) is 4.16. The summed E-state index contributed by atoms with van der Waals surface area (Å²) >= 11 is 0. The van der Waals surface area contributed by atoms with Gasteiger partial charge in [0.25, 0.3) is 0 Å². The van der Waals surface area contributed by atoms with Gasteiger partial charge in [0.2, 0.25) is 0 Å². The summed E-state index contributed by atoms with van der Waals surface area (Å²) in [5.41, 5.74) is 1.14. The van der Waals surface area contributed by atoms with E-state index in [1.807, 2.05) is 0 Å². The third kappa shape index (κ3) is 1.21. The van der Waals surface area contributed by atoms with Gasteiger partial charge in [0.15, 0.2) is 0 Å². The van der Waals surface area contributed by atoms with E-state index < -0.39 is 5.63 Å². The lowest BCUT2D eigenvalue weighted by Crippen LogP contribution is -1.95. The molecule has 2 rings (SSSR count). The van der Waals surface area contributed by atoms with E-state index in [4.69, 9.17) is 0 Å². The predicted molar refractivity (Wildman–Crippen MR) is 51.2 cm³/mol. The monoisotopic (exact) mass is 191 g/mol. The highest BCUT2D eigenvalue weighted by Crippen LogP contribution is 2.27. The average Bonchev–Trinajstić information content (AvgIpc) is 2.49.